The normalized spacial score (nSPS) is 19.9. The van der Waals surface area contributed by atoms with Crippen molar-refractivity contribution in [2.24, 2.45) is 5.92 Å². The van der Waals surface area contributed by atoms with Crippen molar-refractivity contribution in [3.63, 3.8) is 0 Å². The predicted octanol–water partition coefficient (Wildman–Crippen LogP) is 1.54. The third-order valence-corrected chi connectivity index (χ3v) is 3.81. The van der Waals surface area contributed by atoms with Crippen LogP contribution in [-0.2, 0) is 0 Å². The standard InChI is InChI=1S/C12H16BrN5/c1-14-6-9-4-5-17(7-9)12-15-11-3-2-10(13)8-18(11)16-12/h2-3,8-9,14H,4-7H2,1H3. The van der Waals surface area contributed by atoms with Crippen LogP contribution in [-0.4, -0.2) is 41.3 Å². The second-order valence-electron chi connectivity index (χ2n) is 4.72. The minimum atomic E-state index is 0.702. The van der Waals surface area contributed by atoms with Crippen LogP contribution < -0.4 is 10.2 Å². The maximum Gasteiger partial charge on any atom is 0.245 e. The van der Waals surface area contributed by atoms with Gasteiger partial charge in [-0.1, -0.05) is 0 Å². The van der Waals surface area contributed by atoms with Gasteiger partial charge in [0.1, 0.15) is 0 Å². The Kier molecular flexibility index (Phi) is 3.22. The number of fused-ring (bicyclic) bond motifs is 1. The van der Waals surface area contributed by atoms with Crippen LogP contribution in [0.2, 0.25) is 0 Å². The van der Waals surface area contributed by atoms with E-state index in [-0.39, 0.29) is 0 Å². The van der Waals surface area contributed by atoms with Gasteiger partial charge in [0.05, 0.1) is 0 Å². The van der Waals surface area contributed by atoms with E-state index in [0.717, 1.165) is 35.7 Å². The van der Waals surface area contributed by atoms with Crippen LogP contribution in [0.3, 0.4) is 0 Å². The molecule has 0 bridgehead atoms. The van der Waals surface area contributed by atoms with Gasteiger partial charge in [-0.2, -0.15) is 4.98 Å². The Bertz CT molecular complexity index is 552. The van der Waals surface area contributed by atoms with E-state index in [1.807, 2.05) is 29.9 Å². The maximum absolute atomic E-state index is 4.57. The molecule has 3 heterocycles. The summed E-state index contributed by atoms with van der Waals surface area (Å²) < 4.78 is 2.84. The van der Waals surface area contributed by atoms with Gasteiger partial charge in [-0.3, -0.25) is 0 Å². The highest BCUT2D eigenvalue weighted by Crippen LogP contribution is 2.21. The van der Waals surface area contributed by atoms with Gasteiger partial charge in [0.25, 0.3) is 0 Å². The number of nitrogens with one attached hydrogen (secondary N) is 1. The van der Waals surface area contributed by atoms with E-state index in [2.05, 4.69) is 36.2 Å². The zero-order valence-corrected chi connectivity index (χ0v) is 11.9. The minimum absolute atomic E-state index is 0.702. The lowest BCUT2D eigenvalue weighted by Crippen LogP contribution is -2.25. The van der Waals surface area contributed by atoms with Crippen LogP contribution in [0.5, 0.6) is 0 Å². The number of hydrogen-bond acceptors (Lipinski definition) is 4. The van der Waals surface area contributed by atoms with Crippen molar-refractivity contribution >= 4 is 27.5 Å². The molecule has 1 atom stereocenters. The molecular weight excluding hydrogens is 294 g/mol. The number of aromatic nitrogens is 3. The largest absolute Gasteiger partial charge is 0.339 e. The van der Waals surface area contributed by atoms with E-state index in [1.54, 1.807) is 0 Å². The predicted molar refractivity (Wildman–Crippen MR) is 74.9 cm³/mol. The fraction of sp³-hybridized carbons (Fsp3) is 0.500. The van der Waals surface area contributed by atoms with E-state index in [9.17, 15) is 0 Å². The van der Waals surface area contributed by atoms with Gasteiger partial charge in [-0.25, -0.2) is 4.52 Å². The smallest absolute Gasteiger partial charge is 0.245 e. The van der Waals surface area contributed by atoms with Crippen LogP contribution >= 0.6 is 15.9 Å². The molecule has 6 heteroatoms. The van der Waals surface area contributed by atoms with Crippen molar-refractivity contribution in [2.75, 3.05) is 31.6 Å². The zero-order chi connectivity index (χ0) is 12.5. The molecule has 1 fully saturated rings. The lowest BCUT2D eigenvalue weighted by molar-refractivity contribution is 0.548. The summed E-state index contributed by atoms with van der Waals surface area (Å²) in [6.07, 6.45) is 3.15. The lowest BCUT2D eigenvalue weighted by atomic mass is 10.1. The monoisotopic (exact) mass is 309 g/mol. The molecule has 3 rings (SSSR count). The first-order valence-corrected chi connectivity index (χ1v) is 6.97. The lowest BCUT2D eigenvalue weighted by Gasteiger charge is -2.13. The number of nitrogens with zero attached hydrogens (tertiary/aromatic N) is 4. The first-order chi connectivity index (χ1) is 8.76. The van der Waals surface area contributed by atoms with Crippen LogP contribution in [0.15, 0.2) is 22.8 Å². The summed E-state index contributed by atoms with van der Waals surface area (Å²) >= 11 is 3.44. The molecule has 96 valence electrons. The summed E-state index contributed by atoms with van der Waals surface area (Å²) in [5.74, 6) is 1.54. The zero-order valence-electron chi connectivity index (χ0n) is 10.3. The Morgan fingerprint density at radius 1 is 1.50 bits per heavy atom. The molecule has 0 saturated carbocycles. The molecular formula is C12H16BrN5. The van der Waals surface area contributed by atoms with E-state index >= 15 is 0 Å². The van der Waals surface area contributed by atoms with Crippen molar-refractivity contribution in [1.82, 2.24) is 19.9 Å². The highest BCUT2D eigenvalue weighted by Gasteiger charge is 2.24. The first-order valence-electron chi connectivity index (χ1n) is 6.18. The summed E-state index contributed by atoms with van der Waals surface area (Å²) in [6, 6.07) is 3.96. The van der Waals surface area contributed by atoms with E-state index < -0.39 is 0 Å². The Balaban J connectivity index is 1.82. The number of rotatable bonds is 3. The van der Waals surface area contributed by atoms with Crippen molar-refractivity contribution in [3.8, 4) is 0 Å². The number of pyridine rings is 1. The molecule has 1 unspecified atom stereocenters. The minimum Gasteiger partial charge on any atom is -0.339 e. The fourth-order valence-electron chi connectivity index (χ4n) is 2.45. The van der Waals surface area contributed by atoms with E-state index in [4.69, 9.17) is 0 Å². The number of halogens is 1. The van der Waals surface area contributed by atoms with E-state index in [0.29, 0.717) is 5.92 Å². The Morgan fingerprint density at radius 3 is 3.22 bits per heavy atom. The molecule has 18 heavy (non-hydrogen) atoms. The molecule has 0 radical (unpaired) electrons. The summed E-state index contributed by atoms with van der Waals surface area (Å²) in [4.78, 5) is 6.83. The van der Waals surface area contributed by atoms with Gasteiger partial charge in [-0.15, -0.1) is 5.10 Å². The molecule has 0 aliphatic carbocycles. The molecule has 1 saturated heterocycles. The molecule has 1 N–H and O–H groups in total. The molecule has 5 nitrogen and oxygen atoms in total. The van der Waals surface area contributed by atoms with Crippen molar-refractivity contribution in [1.29, 1.82) is 0 Å². The first kappa shape index (κ1) is 11.9. The number of hydrogen-bond donors (Lipinski definition) is 1. The Hall–Kier alpha value is -1.14. The molecule has 1 aliphatic rings. The quantitative estimate of drug-likeness (QED) is 0.934. The third kappa shape index (κ3) is 2.22. The molecule has 0 amide bonds. The molecule has 0 aromatic carbocycles. The van der Waals surface area contributed by atoms with Crippen LogP contribution in [0.4, 0.5) is 5.95 Å². The second-order valence-corrected chi connectivity index (χ2v) is 5.64. The average molecular weight is 310 g/mol. The van der Waals surface area contributed by atoms with Crippen LogP contribution in [0.25, 0.3) is 5.65 Å². The van der Waals surface area contributed by atoms with E-state index in [1.165, 1.54) is 6.42 Å². The van der Waals surface area contributed by atoms with Crippen LogP contribution in [0, 0.1) is 5.92 Å². The van der Waals surface area contributed by atoms with Crippen molar-refractivity contribution in [3.05, 3.63) is 22.8 Å². The van der Waals surface area contributed by atoms with Crippen LogP contribution in [0.1, 0.15) is 6.42 Å². The van der Waals surface area contributed by atoms with Crippen molar-refractivity contribution in [2.45, 2.75) is 6.42 Å². The summed E-state index contributed by atoms with van der Waals surface area (Å²) in [5.41, 5.74) is 0.894. The highest BCUT2D eigenvalue weighted by molar-refractivity contribution is 9.10. The number of anilines is 1. The van der Waals surface area contributed by atoms with Crippen molar-refractivity contribution < 1.29 is 0 Å². The molecule has 1 aliphatic heterocycles. The topological polar surface area (TPSA) is 45.5 Å². The summed E-state index contributed by atoms with van der Waals surface area (Å²) in [7, 11) is 2.00. The highest BCUT2D eigenvalue weighted by atomic mass is 79.9. The molecule has 0 spiro atoms. The third-order valence-electron chi connectivity index (χ3n) is 3.35. The average Bonchev–Trinajstić information content (AvgIpc) is 2.94. The van der Waals surface area contributed by atoms with Gasteiger partial charge >= 0.3 is 0 Å². The second kappa shape index (κ2) is 4.85. The van der Waals surface area contributed by atoms with Gasteiger partial charge in [0.15, 0.2) is 5.65 Å². The summed E-state index contributed by atoms with van der Waals surface area (Å²) in [5, 5.41) is 7.77. The summed E-state index contributed by atoms with van der Waals surface area (Å²) in [6.45, 7) is 3.15. The Labute approximate surface area is 114 Å². The van der Waals surface area contributed by atoms with Gasteiger partial charge in [0.2, 0.25) is 5.95 Å². The van der Waals surface area contributed by atoms with Gasteiger partial charge in [-0.05, 0) is 54.0 Å². The maximum atomic E-state index is 4.57. The van der Waals surface area contributed by atoms with Gasteiger partial charge in [0, 0.05) is 23.8 Å². The Morgan fingerprint density at radius 2 is 2.39 bits per heavy atom. The fourth-order valence-corrected chi connectivity index (χ4v) is 2.78. The molecule has 2 aromatic heterocycles. The molecule has 2 aromatic rings. The van der Waals surface area contributed by atoms with Gasteiger partial charge < -0.3 is 10.2 Å². The SMILES string of the molecule is CNCC1CCN(c2nc3ccc(Br)cn3n2)C1.